The average molecular weight is 499 g/mol. The topological polar surface area (TPSA) is 133 Å². The maximum Gasteiger partial charge on any atom is 0.264 e. The summed E-state index contributed by atoms with van der Waals surface area (Å²) in [6, 6.07) is 8.61. The standard InChI is InChI=1S/C24H23ClN4O6/c1-4-34-12-15-19(20-16(32-2)6-5-7-17(20)33-3)22(30)21(23(31)27-15)24-29-28-18(35-24)10-14-9-8-13(25)11-26-14/h5-9,11H,4,10,12H2,1-3H3,(H2,27,30,31). The van der Waals surface area contributed by atoms with Gasteiger partial charge in [0.1, 0.15) is 22.8 Å². The molecule has 0 bridgehead atoms. The molecule has 1 aromatic carbocycles. The first kappa shape index (κ1) is 24.2. The molecular formula is C24H23ClN4O6. The van der Waals surface area contributed by atoms with Crippen LogP contribution in [0.1, 0.15) is 24.2 Å². The lowest BCUT2D eigenvalue weighted by atomic mass is 9.98. The molecule has 0 unspecified atom stereocenters. The SMILES string of the molecule is CCOCc1[nH]c(=O)c(-c2nnc(Cc3ccc(Cl)cn3)o2)c(O)c1-c1c(OC)cccc1OC. The third-order valence-corrected chi connectivity index (χ3v) is 5.42. The Kier molecular flexibility index (Phi) is 7.33. The lowest BCUT2D eigenvalue weighted by molar-refractivity contribution is 0.131. The van der Waals surface area contributed by atoms with Crippen LogP contribution in [0, 0.1) is 0 Å². The molecule has 0 aliphatic carbocycles. The van der Waals surface area contributed by atoms with Gasteiger partial charge >= 0.3 is 0 Å². The summed E-state index contributed by atoms with van der Waals surface area (Å²) in [5.41, 5.74) is 0.889. The first-order valence-corrected chi connectivity index (χ1v) is 11.0. The molecule has 0 saturated heterocycles. The van der Waals surface area contributed by atoms with Crippen LogP contribution in [0.4, 0.5) is 0 Å². The number of aromatic nitrogens is 4. The van der Waals surface area contributed by atoms with E-state index >= 15 is 0 Å². The zero-order valence-corrected chi connectivity index (χ0v) is 20.0. The van der Waals surface area contributed by atoms with Crippen molar-refractivity contribution >= 4 is 11.6 Å². The van der Waals surface area contributed by atoms with E-state index in [4.69, 9.17) is 30.2 Å². The second-order valence-corrected chi connectivity index (χ2v) is 7.79. The molecule has 2 N–H and O–H groups in total. The molecule has 0 saturated carbocycles. The number of aromatic hydroxyl groups is 1. The summed E-state index contributed by atoms with van der Waals surface area (Å²) in [7, 11) is 3.00. The normalized spacial score (nSPS) is 11.0. The first-order valence-electron chi connectivity index (χ1n) is 10.7. The summed E-state index contributed by atoms with van der Waals surface area (Å²) in [6.07, 6.45) is 1.73. The lowest BCUT2D eigenvalue weighted by Crippen LogP contribution is -2.15. The molecule has 182 valence electrons. The van der Waals surface area contributed by atoms with Gasteiger partial charge in [-0.25, -0.2) is 0 Å². The minimum absolute atomic E-state index is 0.0352. The van der Waals surface area contributed by atoms with Gasteiger partial charge in [0, 0.05) is 18.5 Å². The largest absolute Gasteiger partial charge is 0.506 e. The molecular weight excluding hydrogens is 476 g/mol. The quantitative estimate of drug-likeness (QED) is 0.351. The van der Waals surface area contributed by atoms with E-state index in [1.54, 1.807) is 30.3 Å². The van der Waals surface area contributed by atoms with Gasteiger partial charge in [-0.2, -0.15) is 0 Å². The zero-order valence-electron chi connectivity index (χ0n) is 19.3. The predicted molar refractivity (Wildman–Crippen MR) is 128 cm³/mol. The van der Waals surface area contributed by atoms with Crippen LogP contribution in [0.2, 0.25) is 5.02 Å². The van der Waals surface area contributed by atoms with Gasteiger partial charge in [-0.05, 0) is 31.2 Å². The molecule has 0 fully saturated rings. The van der Waals surface area contributed by atoms with Crippen molar-refractivity contribution in [2.24, 2.45) is 0 Å². The number of rotatable bonds is 9. The second kappa shape index (κ2) is 10.6. The summed E-state index contributed by atoms with van der Waals surface area (Å²) in [5.74, 6) is 0.547. The number of hydrogen-bond acceptors (Lipinski definition) is 9. The van der Waals surface area contributed by atoms with Gasteiger partial charge in [-0.1, -0.05) is 17.7 Å². The van der Waals surface area contributed by atoms with E-state index in [-0.39, 0.29) is 41.7 Å². The van der Waals surface area contributed by atoms with Crippen LogP contribution in [-0.4, -0.2) is 46.1 Å². The summed E-state index contributed by atoms with van der Waals surface area (Å²) in [6.45, 7) is 2.26. The number of nitrogens with one attached hydrogen (secondary N) is 1. The molecule has 0 radical (unpaired) electrons. The number of nitrogens with zero attached hydrogens (tertiary/aromatic N) is 3. The Bertz CT molecular complexity index is 1360. The number of benzene rings is 1. The minimum Gasteiger partial charge on any atom is -0.506 e. The number of halogens is 1. The van der Waals surface area contributed by atoms with E-state index in [0.29, 0.717) is 40.1 Å². The fraction of sp³-hybridized carbons (Fsp3) is 0.250. The third-order valence-electron chi connectivity index (χ3n) is 5.20. The number of methoxy groups -OCH3 is 2. The molecule has 0 aliphatic rings. The van der Waals surface area contributed by atoms with Crippen LogP contribution in [0.5, 0.6) is 17.2 Å². The Hall–Kier alpha value is -3.89. The van der Waals surface area contributed by atoms with Crippen LogP contribution in [0.15, 0.2) is 45.7 Å². The van der Waals surface area contributed by atoms with Crippen molar-refractivity contribution in [1.29, 1.82) is 0 Å². The second-order valence-electron chi connectivity index (χ2n) is 7.35. The summed E-state index contributed by atoms with van der Waals surface area (Å²) < 4.78 is 22.3. The van der Waals surface area contributed by atoms with Gasteiger partial charge in [0.2, 0.25) is 5.89 Å². The first-order chi connectivity index (χ1) is 17.0. The maximum absolute atomic E-state index is 13.0. The number of hydrogen-bond donors (Lipinski definition) is 2. The van der Waals surface area contributed by atoms with E-state index in [9.17, 15) is 9.90 Å². The summed E-state index contributed by atoms with van der Waals surface area (Å²) in [5, 5.41) is 19.9. The molecule has 0 aliphatic heterocycles. The zero-order chi connectivity index (χ0) is 24.9. The number of ether oxygens (including phenoxy) is 3. The Balaban J connectivity index is 1.86. The smallest absolute Gasteiger partial charge is 0.264 e. The Labute approximate surface area is 205 Å². The van der Waals surface area contributed by atoms with Crippen LogP contribution >= 0.6 is 11.6 Å². The highest BCUT2D eigenvalue weighted by Crippen LogP contribution is 2.46. The highest BCUT2D eigenvalue weighted by atomic mass is 35.5. The van der Waals surface area contributed by atoms with Gasteiger partial charge in [0.25, 0.3) is 11.4 Å². The van der Waals surface area contributed by atoms with Gasteiger partial charge in [0.05, 0.1) is 49.1 Å². The number of aromatic amines is 1. The van der Waals surface area contributed by atoms with E-state index in [2.05, 4.69) is 20.2 Å². The van der Waals surface area contributed by atoms with Crippen LogP contribution in [0.3, 0.4) is 0 Å². The van der Waals surface area contributed by atoms with Crippen LogP contribution < -0.4 is 15.0 Å². The Morgan fingerprint density at radius 1 is 1.06 bits per heavy atom. The van der Waals surface area contributed by atoms with Gasteiger partial charge < -0.3 is 28.7 Å². The Morgan fingerprint density at radius 3 is 2.43 bits per heavy atom. The van der Waals surface area contributed by atoms with Crippen molar-refractivity contribution in [3.8, 4) is 39.8 Å². The molecule has 4 aromatic rings. The van der Waals surface area contributed by atoms with Gasteiger partial charge in [0.15, 0.2) is 0 Å². The molecule has 10 nitrogen and oxygen atoms in total. The van der Waals surface area contributed by atoms with Crippen molar-refractivity contribution in [3.05, 3.63) is 69.2 Å². The molecule has 4 rings (SSSR count). The van der Waals surface area contributed by atoms with Crippen molar-refractivity contribution < 1.29 is 23.7 Å². The third kappa shape index (κ3) is 4.98. The van der Waals surface area contributed by atoms with Crippen LogP contribution in [-0.2, 0) is 17.8 Å². The summed E-state index contributed by atoms with van der Waals surface area (Å²) in [4.78, 5) is 20.0. The monoisotopic (exact) mass is 498 g/mol. The van der Waals surface area contributed by atoms with E-state index in [0.717, 1.165) is 0 Å². The van der Waals surface area contributed by atoms with Gasteiger partial charge in [-0.3, -0.25) is 9.78 Å². The van der Waals surface area contributed by atoms with E-state index < -0.39 is 5.56 Å². The van der Waals surface area contributed by atoms with Crippen molar-refractivity contribution in [3.63, 3.8) is 0 Å². The molecule has 3 heterocycles. The van der Waals surface area contributed by atoms with E-state index in [1.165, 1.54) is 20.4 Å². The van der Waals surface area contributed by atoms with Gasteiger partial charge in [-0.15, -0.1) is 10.2 Å². The van der Waals surface area contributed by atoms with Crippen molar-refractivity contribution in [2.75, 3.05) is 20.8 Å². The Morgan fingerprint density at radius 2 is 1.80 bits per heavy atom. The minimum atomic E-state index is -0.616. The molecule has 0 atom stereocenters. The van der Waals surface area contributed by atoms with E-state index in [1.807, 2.05) is 6.92 Å². The molecule has 11 heteroatoms. The predicted octanol–water partition coefficient (Wildman–Crippen LogP) is 3.99. The highest BCUT2D eigenvalue weighted by Gasteiger charge is 2.27. The number of pyridine rings is 2. The number of H-pyrrole nitrogens is 1. The molecule has 35 heavy (non-hydrogen) atoms. The van der Waals surface area contributed by atoms with Crippen LogP contribution in [0.25, 0.3) is 22.6 Å². The summed E-state index contributed by atoms with van der Waals surface area (Å²) >= 11 is 5.88. The maximum atomic E-state index is 13.0. The average Bonchev–Trinajstić information content (AvgIpc) is 3.31. The highest BCUT2D eigenvalue weighted by molar-refractivity contribution is 6.30. The lowest BCUT2D eigenvalue weighted by Gasteiger charge is -2.18. The fourth-order valence-electron chi connectivity index (χ4n) is 3.61. The molecule has 3 aromatic heterocycles. The van der Waals surface area contributed by atoms with Crippen molar-refractivity contribution in [2.45, 2.75) is 20.0 Å². The molecule has 0 spiro atoms. The fourth-order valence-corrected chi connectivity index (χ4v) is 3.72. The van der Waals surface area contributed by atoms with Crippen molar-refractivity contribution in [1.82, 2.24) is 20.2 Å². The molecule has 0 amide bonds.